The Balaban J connectivity index is 2.83. The highest BCUT2D eigenvalue weighted by Gasteiger charge is 2.10. The number of halogens is 2. The van der Waals surface area contributed by atoms with E-state index >= 15 is 0 Å². The normalized spacial score (nSPS) is 11.5. The molecule has 1 rings (SSSR count). The van der Waals surface area contributed by atoms with Gasteiger partial charge in [-0.25, -0.2) is 4.39 Å². The molecule has 0 amide bonds. The van der Waals surface area contributed by atoms with Crippen LogP contribution in [0.25, 0.3) is 0 Å². The fraction of sp³-hybridized carbons (Fsp3) is 0.182. The molecule has 1 aromatic carbocycles. The zero-order valence-corrected chi connectivity index (χ0v) is 9.84. The van der Waals surface area contributed by atoms with E-state index in [-0.39, 0.29) is 17.9 Å². The maximum Gasteiger partial charge on any atom is 0.173 e. The molecule has 0 bridgehead atoms. The van der Waals surface area contributed by atoms with E-state index in [1.807, 2.05) is 0 Å². The lowest BCUT2D eigenvalue weighted by Gasteiger charge is -2.08. The van der Waals surface area contributed by atoms with E-state index in [9.17, 15) is 4.39 Å². The SMILES string of the molecule is C=C(Cl)CNCc1cccc(/C(N)=N\O)c1F. The van der Waals surface area contributed by atoms with Crippen molar-refractivity contribution in [2.75, 3.05) is 6.54 Å². The van der Waals surface area contributed by atoms with E-state index in [2.05, 4.69) is 17.1 Å². The molecule has 0 aliphatic rings. The van der Waals surface area contributed by atoms with Crippen molar-refractivity contribution in [1.29, 1.82) is 0 Å². The van der Waals surface area contributed by atoms with Crippen LogP contribution in [0, 0.1) is 5.82 Å². The molecule has 0 aliphatic carbocycles. The van der Waals surface area contributed by atoms with E-state index in [0.717, 1.165) is 0 Å². The number of nitrogens with zero attached hydrogens (tertiary/aromatic N) is 1. The van der Waals surface area contributed by atoms with Gasteiger partial charge in [-0.05, 0) is 6.07 Å². The molecular formula is C11H13ClFN3O. The Morgan fingerprint density at radius 2 is 2.29 bits per heavy atom. The van der Waals surface area contributed by atoms with Crippen molar-refractivity contribution in [2.45, 2.75) is 6.54 Å². The highest BCUT2D eigenvalue weighted by Crippen LogP contribution is 2.12. The Morgan fingerprint density at radius 1 is 1.59 bits per heavy atom. The number of nitrogens with one attached hydrogen (secondary N) is 1. The van der Waals surface area contributed by atoms with E-state index in [1.165, 1.54) is 6.07 Å². The Hall–Kier alpha value is -1.59. The maximum atomic E-state index is 13.9. The third-order valence-corrected chi connectivity index (χ3v) is 2.23. The number of nitrogens with two attached hydrogens (primary N) is 1. The topological polar surface area (TPSA) is 70.6 Å². The first-order valence-electron chi connectivity index (χ1n) is 4.85. The molecule has 17 heavy (non-hydrogen) atoms. The molecule has 0 atom stereocenters. The minimum atomic E-state index is -0.518. The fourth-order valence-corrected chi connectivity index (χ4v) is 1.40. The van der Waals surface area contributed by atoms with Gasteiger partial charge in [-0.15, -0.1) is 0 Å². The van der Waals surface area contributed by atoms with Crippen LogP contribution in [0.5, 0.6) is 0 Å². The molecule has 0 heterocycles. The van der Waals surface area contributed by atoms with Crippen LogP contribution in [0.4, 0.5) is 4.39 Å². The molecule has 0 radical (unpaired) electrons. The summed E-state index contributed by atoms with van der Waals surface area (Å²) in [6.07, 6.45) is 0. The monoisotopic (exact) mass is 257 g/mol. The Bertz CT molecular complexity index is 448. The summed E-state index contributed by atoms with van der Waals surface area (Å²) in [6, 6.07) is 4.67. The van der Waals surface area contributed by atoms with Crippen LogP contribution < -0.4 is 11.1 Å². The lowest BCUT2D eigenvalue weighted by atomic mass is 10.1. The van der Waals surface area contributed by atoms with Crippen molar-refractivity contribution < 1.29 is 9.60 Å². The largest absolute Gasteiger partial charge is 0.409 e. The van der Waals surface area contributed by atoms with E-state index in [0.29, 0.717) is 17.1 Å². The van der Waals surface area contributed by atoms with Gasteiger partial charge < -0.3 is 16.3 Å². The van der Waals surface area contributed by atoms with Crippen LogP contribution in [0.1, 0.15) is 11.1 Å². The molecule has 1 aromatic rings. The van der Waals surface area contributed by atoms with Crippen molar-refractivity contribution >= 4 is 17.4 Å². The van der Waals surface area contributed by atoms with E-state index < -0.39 is 5.82 Å². The van der Waals surface area contributed by atoms with Gasteiger partial charge in [0.15, 0.2) is 5.84 Å². The van der Waals surface area contributed by atoms with Gasteiger partial charge in [0.2, 0.25) is 0 Å². The molecule has 4 N–H and O–H groups in total. The predicted octanol–water partition coefficient (Wildman–Crippen LogP) is 1.76. The quantitative estimate of drug-likeness (QED) is 0.326. The van der Waals surface area contributed by atoms with Crippen LogP contribution in [-0.4, -0.2) is 17.6 Å². The van der Waals surface area contributed by atoms with Crippen LogP contribution in [0.3, 0.4) is 0 Å². The number of oxime groups is 1. The molecule has 0 spiro atoms. The Kier molecular flexibility index (Phi) is 4.93. The second kappa shape index (κ2) is 6.22. The summed E-state index contributed by atoms with van der Waals surface area (Å²) in [6.45, 7) is 4.17. The molecule has 0 aromatic heterocycles. The lowest BCUT2D eigenvalue weighted by Crippen LogP contribution is -2.19. The highest BCUT2D eigenvalue weighted by atomic mass is 35.5. The summed E-state index contributed by atoms with van der Waals surface area (Å²) in [4.78, 5) is 0. The van der Waals surface area contributed by atoms with Crippen LogP contribution in [0.2, 0.25) is 0 Å². The molecule has 0 fully saturated rings. The molecule has 92 valence electrons. The van der Waals surface area contributed by atoms with Gasteiger partial charge in [0.05, 0.1) is 5.56 Å². The van der Waals surface area contributed by atoms with Gasteiger partial charge >= 0.3 is 0 Å². The number of hydrogen-bond donors (Lipinski definition) is 3. The first kappa shape index (κ1) is 13.5. The van der Waals surface area contributed by atoms with Crippen LogP contribution in [0.15, 0.2) is 35.0 Å². The first-order chi connectivity index (χ1) is 8.06. The third kappa shape index (κ3) is 3.72. The molecule has 0 saturated heterocycles. The van der Waals surface area contributed by atoms with Gasteiger partial charge in [-0.2, -0.15) is 0 Å². The summed E-state index contributed by atoms with van der Waals surface area (Å²) in [7, 11) is 0. The predicted molar refractivity (Wildman–Crippen MR) is 65.6 cm³/mol. The van der Waals surface area contributed by atoms with Crippen molar-refractivity contribution in [2.24, 2.45) is 10.9 Å². The second-order valence-corrected chi connectivity index (χ2v) is 3.92. The fourth-order valence-electron chi connectivity index (χ4n) is 1.30. The number of benzene rings is 1. The Labute approximate surface area is 104 Å². The molecule has 0 aliphatic heterocycles. The smallest absolute Gasteiger partial charge is 0.173 e. The van der Waals surface area contributed by atoms with Crippen molar-refractivity contribution in [3.63, 3.8) is 0 Å². The number of amidine groups is 1. The second-order valence-electron chi connectivity index (χ2n) is 3.38. The highest BCUT2D eigenvalue weighted by molar-refractivity contribution is 6.29. The van der Waals surface area contributed by atoms with Gasteiger partial charge in [0, 0.05) is 23.7 Å². The number of rotatable bonds is 5. The summed E-state index contributed by atoms with van der Waals surface area (Å²) in [5.74, 6) is -0.776. The summed E-state index contributed by atoms with van der Waals surface area (Å²) < 4.78 is 13.9. The van der Waals surface area contributed by atoms with Gasteiger partial charge in [0.1, 0.15) is 5.82 Å². The zero-order valence-electron chi connectivity index (χ0n) is 9.08. The van der Waals surface area contributed by atoms with Gasteiger partial charge in [-0.3, -0.25) is 0 Å². The summed E-state index contributed by atoms with van der Waals surface area (Å²) in [5.41, 5.74) is 5.82. The summed E-state index contributed by atoms with van der Waals surface area (Å²) in [5, 5.41) is 14.6. The minimum Gasteiger partial charge on any atom is -0.409 e. The molecule has 6 heteroatoms. The van der Waals surface area contributed by atoms with Crippen molar-refractivity contribution in [3.05, 3.63) is 46.8 Å². The Morgan fingerprint density at radius 3 is 2.88 bits per heavy atom. The van der Waals surface area contributed by atoms with Crippen molar-refractivity contribution in [1.82, 2.24) is 5.32 Å². The van der Waals surface area contributed by atoms with Crippen molar-refractivity contribution in [3.8, 4) is 0 Å². The average molecular weight is 258 g/mol. The molecule has 0 unspecified atom stereocenters. The third-order valence-electron chi connectivity index (χ3n) is 2.09. The van der Waals surface area contributed by atoms with Gasteiger partial charge in [0.25, 0.3) is 0 Å². The molecular weight excluding hydrogens is 245 g/mol. The summed E-state index contributed by atoms with van der Waals surface area (Å²) >= 11 is 5.57. The minimum absolute atomic E-state index is 0.0662. The zero-order chi connectivity index (χ0) is 12.8. The van der Waals surface area contributed by atoms with Gasteiger partial charge in [-0.1, -0.05) is 35.5 Å². The maximum absolute atomic E-state index is 13.9. The standard InChI is InChI=1S/C11H13ClFN3O/c1-7(12)5-15-6-8-3-2-4-9(10(8)13)11(14)16-17/h2-4,15,17H,1,5-6H2,(H2,14,16). The first-order valence-corrected chi connectivity index (χ1v) is 5.23. The van der Waals surface area contributed by atoms with Crippen LogP contribution in [-0.2, 0) is 6.54 Å². The molecule has 0 saturated carbocycles. The number of hydrogen-bond acceptors (Lipinski definition) is 3. The lowest BCUT2D eigenvalue weighted by molar-refractivity contribution is 0.318. The average Bonchev–Trinajstić information content (AvgIpc) is 2.30. The van der Waals surface area contributed by atoms with E-state index in [4.69, 9.17) is 22.5 Å². The molecule has 4 nitrogen and oxygen atoms in total. The van der Waals surface area contributed by atoms with E-state index in [1.54, 1.807) is 12.1 Å². The van der Waals surface area contributed by atoms with Crippen LogP contribution >= 0.6 is 11.6 Å².